The number of methoxy groups -OCH3 is 2. The molecular formula is C17H14N2O4S2. The third-order valence-electron chi connectivity index (χ3n) is 3.39. The number of hydrogen-bond acceptors (Lipinski definition) is 7. The van der Waals surface area contributed by atoms with Crippen LogP contribution in [0.25, 0.3) is 10.6 Å². The lowest BCUT2D eigenvalue weighted by molar-refractivity contribution is 0.0601. The summed E-state index contributed by atoms with van der Waals surface area (Å²) in [6.45, 7) is 0. The summed E-state index contributed by atoms with van der Waals surface area (Å²) in [6, 6.07) is 6.71. The Kier molecular flexibility index (Phi) is 5.11. The van der Waals surface area contributed by atoms with Crippen LogP contribution in [0, 0.1) is 0 Å². The number of thiophene rings is 1. The molecule has 128 valence electrons. The maximum Gasteiger partial charge on any atom is 0.340 e. The van der Waals surface area contributed by atoms with E-state index in [0.29, 0.717) is 11.4 Å². The lowest BCUT2D eigenvalue weighted by Gasteiger charge is -2.10. The van der Waals surface area contributed by atoms with Crippen LogP contribution in [0.1, 0.15) is 20.8 Å². The van der Waals surface area contributed by atoms with E-state index in [9.17, 15) is 9.59 Å². The number of anilines is 1. The first-order valence-corrected chi connectivity index (χ1v) is 9.00. The van der Waals surface area contributed by atoms with Gasteiger partial charge < -0.3 is 14.8 Å². The number of carbonyl (C=O) groups is 2. The zero-order chi connectivity index (χ0) is 17.8. The summed E-state index contributed by atoms with van der Waals surface area (Å²) >= 11 is 2.96. The molecular weight excluding hydrogens is 360 g/mol. The van der Waals surface area contributed by atoms with Gasteiger partial charge in [0.05, 0.1) is 25.5 Å². The summed E-state index contributed by atoms with van der Waals surface area (Å²) in [7, 11) is 2.77. The molecule has 3 aromatic rings. The van der Waals surface area contributed by atoms with Crippen LogP contribution in [0.5, 0.6) is 5.75 Å². The van der Waals surface area contributed by atoms with Crippen molar-refractivity contribution < 1.29 is 19.1 Å². The van der Waals surface area contributed by atoms with E-state index in [1.807, 2.05) is 16.8 Å². The van der Waals surface area contributed by atoms with Crippen molar-refractivity contribution in [2.24, 2.45) is 0 Å². The van der Waals surface area contributed by atoms with Crippen LogP contribution in [0.3, 0.4) is 0 Å². The molecule has 6 nitrogen and oxygen atoms in total. The fourth-order valence-corrected chi connectivity index (χ4v) is 3.63. The average molecular weight is 374 g/mol. The SMILES string of the molecule is COC(=O)c1cc(OC)ccc1NC(=O)c1csc(-c2ccsc2)n1. The van der Waals surface area contributed by atoms with Crippen LogP contribution in [0.4, 0.5) is 5.69 Å². The second-order valence-corrected chi connectivity index (χ2v) is 6.55. The van der Waals surface area contributed by atoms with Gasteiger partial charge in [-0.05, 0) is 29.6 Å². The van der Waals surface area contributed by atoms with E-state index in [2.05, 4.69) is 10.3 Å². The molecule has 0 saturated heterocycles. The van der Waals surface area contributed by atoms with Crippen LogP contribution >= 0.6 is 22.7 Å². The minimum Gasteiger partial charge on any atom is -0.497 e. The lowest BCUT2D eigenvalue weighted by atomic mass is 10.1. The molecule has 0 aliphatic rings. The summed E-state index contributed by atoms with van der Waals surface area (Å²) in [4.78, 5) is 28.8. The van der Waals surface area contributed by atoms with Crippen molar-refractivity contribution in [1.29, 1.82) is 0 Å². The number of hydrogen-bond donors (Lipinski definition) is 1. The van der Waals surface area contributed by atoms with Crippen molar-refractivity contribution in [2.75, 3.05) is 19.5 Å². The highest BCUT2D eigenvalue weighted by atomic mass is 32.1. The molecule has 2 aromatic heterocycles. The first kappa shape index (κ1) is 17.1. The zero-order valence-electron chi connectivity index (χ0n) is 13.4. The molecule has 1 aromatic carbocycles. The molecule has 0 saturated carbocycles. The third-order valence-corrected chi connectivity index (χ3v) is 4.96. The second kappa shape index (κ2) is 7.45. The van der Waals surface area contributed by atoms with E-state index in [1.165, 1.54) is 31.6 Å². The maximum absolute atomic E-state index is 12.5. The van der Waals surface area contributed by atoms with Gasteiger partial charge in [-0.2, -0.15) is 11.3 Å². The summed E-state index contributed by atoms with van der Waals surface area (Å²) in [6.07, 6.45) is 0. The molecule has 25 heavy (non-hydrogen) atoms. The number of ether oxygens (including phenoxy) is 2. The van der Waals surface area contributed by atoms with Crippen molar-refractivity contribution in [1.82, 2.24) is 4.98 Å². The fourth-order valence-electron chi connectivity index (χ4n) is 2.12. The van der Waals surface area contributed by atoms with Crippen LogP contribution in [0.2, 0.25) is 0 Å². The Morgan fingerprint density at radius 1 is 1.16 bits per heavy atom. The number of carbonyl (C=O) groups excluding carboxylic acids is 2. The Morgan fingerprint density at radius 3 is 2.68 bits per heavy atom. The van der Waals surface area contributed by atoms with Crippen LogP contribution in [0.15, 0.2) is 40.4 Å². The van der Waals surface area contributed by atoms with Gasteiger partial charge in [-0.3, -0.25) is 4.79 Å². The summed E-state index contributed by atoms with van der Waals surface area (Å²) < 4.78 is 9.87. The van der Waals surface area contributed by atoms with E-state index in [4.69, 9.17) is 9.47 Å². The van der Waals surface area contributed by atoms with E-state index >= 15 is 0 Å². The van der Waals surface area contributed by atoms with Crippen molar-refractivity contribution in [3.05, 3.63) is 51.7 Å². The molecule has 0 radical (unpaired) electrons. The molecule has 3 rings (SSSR count). The van der Waals surface area contributed by atoms with Gasteiger partial charge in [0.25, 0.3) is 5.91 Å². The van der Waals surface area contributed by atoms with Crippen molar-refractivity contribution in [3.8, 4) is 16.3 Å². The van der Waals surface area contributed by atoms with Crippen LogP contribution in [-0.2, 0) is 4.74 Å². The maximum atomic E-state index is 12.5. The molecule has 0 atom stereocenters. The first-order chi connectivity index (χ1) is 12.1. The molecule has 8 heteroatoms. The van der Waals surface area contributed by atoms with Gasteiger partial charge in [0, 0.05) is 16.3 Å². The number of benzene rings is 1. The van der Waals surface area contributed by atoms with Gasteiger partial charge in [-0.15, -0.1) is 11.3 Å². The Morgan fingerprint density at radius 2 is 2.00 bits per heavy atom. The van der Waals surface area contributed by atoms with Gasteiger partial charge in [-0.1, -0.05) is 0 Å². The minimum atomic E-state index is -0.563. The highest BCUT2D eigenvalue weighted by molar-refractivity contribution is 7.14. The topological polar surface area (TPSA) is 77.5 Å². The molecule has 2 heterocycles. The molecule has 0 spiro atoms. The Labute approximate surface area is 152 Å². The van der Waals surface area contributed by atoms with E-state index in [0.717, 1.165) is 10.6 Å². The second-order valence-electron chi connectivity index (χ2n) is 4.91. The molecule has 1 N–H and O–H groups in total. The van der Waals surface area contributed by atoms with Crippen molar-refractivity contribution in [3.63, 3.8) is 0 Å². The number of nitrogens with one attached hydrogen (secondary N) is 1. The van der Waals surface area contributed by atoms with E-state index < -0.39 is 11.9 Å². The molecule has 0 aliphatic heterocycles. The Balaban J connectivity index is 1.84. The summed E-state index contributed by atoms with van der Waals surface area (Å²) in [5.74, 6) is -0.466. The average Bonchev–Trinajstić information content (AvgIpc) is 3.32. The summed E-state index contributed by atoms with van der Waals surface area (Å²) in [5, 5.41) is 9.09. The number of amides is 1. The molecule has 0 fully saturated rings. The fraction of sp³-hybridized carbons (Fsp3) is 0.118. The van der Waals surface area contributed by atoms with Gasteiger partial charge >= 0.3 is 5.97 Å². The zero-order valence-corrected chi connectivity index (χ0v) is 15.1. The van der Waals surface area contributed by atoms with Crippen LogP contribution < -0.4 is 10.1 Å². The molecule has 1 amide bonds. The third kappa shape index (κ3) is 3.70. The normalized spacial score (nSPS) is 10.3. The molecule has 0 unspecified atom stereocenters. The van der Waals surface area contributed by atoms with Gasteiger partial charge in [0.15, 0.2) is 0 Å². The molecule has 0 bridgehead atoms. The van der Waals surface area contributed by atoms with Crippen molar-refractivity contribution in [2.45, 2.75) is 0 Å². The monoisotopic (exact) mass is 374 g/mol. The number of thiazole rings is 1. The highest BCUT2D eigenvalue weighted by Crippen LogP contribution is 2.27. The van der Waals surface area contributed by atoms with Gasteiger partial charge in [0.1, 0.15) is 16.5 Å². The summed E-state index contributed by atoms with van der Waals surface area (Å²) in [5.41, 5.74) is 1.82. The Hall–Kier alpha value is -2.71. The predicted octanol–water partition coefficient (Wildman–Crippen LogP) is 3.92. The highest BCUT2D eigenvalue weighted by Gasteiger charge is 2.18. The minimum absolute atomic E-state index is 0.212. The lowest BCUT2D eigenvalue weighted by Crippen LogP contribution is -2.16. The van der Waals surface area contributed by atoms with E-state index in [1.54, 1.807) is 28.8 Å². The number of rotatable bonds is 5. The van der Waals surface area contributed by atoms with Gasteiger partial charge in [0.2, 0.25) is 0 Å². The Bertz CT molecular complexity index is 903. The number of esters is 1. The first-order valence-electron chi connectivity index (χ1n) is 7.18. The largest absolute Gasteiger partial charge is 0.497 e. The van der Waals surface area contributed by atoms with Gasteiger partial charge in [-0.25, -0.2) is 9.78 Å². The number of aromatic nitrogens is 1. The van der Waals surface area contributed by atoms with E-state index in [-0.39, 0.29) is 11.3 Å². The predicted molar refractivity (Wildman–Crippen MR) is 97.7 cm³/mol. The quantitative estimate of drug-likeness (QED) is 0.685. The number of nitrogens with zero attached hydrogens (tertiary/aromatic N) is 1. The molecule has 0 aliphatic carbocycles. The standard InChI is InChI=1S/C17H14N2O4S2/c1-22-11-3-4-13(12(7-11)17(21)23-2)18-15(20)14-9-25-16(19-14)10-5-6-24-8-10/h3-9H,1-2H3,(H,18,20). The smallest absolute Gasteiger partial charge is 0.340 e. The van der Waals surface area contributed by atoms with Crippen molar-refractivity contribution >= 4 is 40.2 Å². The van der Waals surface area contributed by atoms with Crippen LogP contribution in [-0.4, -0.2) is 31.1 Å².